The van der Waals surface area contributed by atoms with Crippen molar-refractivity contribution in [2.75, 3.05) is 26.3 Å². The van der Waals surface area contributed by atoms with Crippen LogP contribution in [0.3, 0.4) is 0 Å². The fraction of sp³-hybridized carbons (Fsp3) is 0.500. The van der Waals surface area contributed by atoms with E-state index in [4.69, 9.17) is 21.7 Å². The molecule has 1 heterocycles. The molecule has 0 spiro atoms. The molecule has 0 bridgehead atoms. The van der Waals surface area contributed by atoms with E-state index in [1.165, 1.54) is 0 Å². The number of thiocarbonyl (C=S) groups is 1. The number of unbranched alkanes of at least 4 members (excludes halogenated alkanes) is 1. The minimum atomic E-state index is -0.815. The molecular formula is C20H27N3O5S. The third-order valence-corrected chi connectivity index (χ3v) is 4.70. The summed E-state index contributed by atoms with van der Waals surface area (Å²) in [5.41, 5.74) is 0.415. The van der Waals surface area contributed by atoms with E-state index in [1.807, 2.05) is 0 Å². The van der Waals surface area contributed by atoms with Gasteiger partial charge >= 0.3 is 5.97 Å². The number of nitrogens with one attached hydrogen (secondary N) is 2. The van der Waals surface area contributed by atoms with Crippen LogP contribution < -0.4 is 15.4 Å². The molecule has 0 unspecified atom stereocenters. The van der Waals surface area contributed by atoms with Crippen LogP contribution in [0.2, 0.25) is 0 Å². The Labute approximate surface area is 175 Å². The smallest absolute Gasteiger partial charge is 0.308 e. The summed E-state index contributed by atoms with van der Waals surface area (Å²) in [5, 5.41) is 5.44. The zero-order chi connectivity index (χ0) is 21.2. The minimum absolute atomic E-state index is 0.0995. The molecule has 1 fully saturated rings. The molecule has 158 valence electrons. The molecule has 2 amide bonds. The topological polar surface area (TPSA) is 97.0 Å². The number of nitrogens with zero attached hydrogens (tertiary/aromatic N) is 1. The van der Waals surface area contributed by atoms with Gasteiger partial charge in [0.25, 0.3) is 5.91 Å². The first-order valence-electron chi connectivity index (χ1n) is 9.74. The fourth-order valence-electron chi connectivity index (χ4n) is 2.82. The molecule has 2 N–H and O–H groups in total. The van der Waals surface area contributed by atoms with Gasteiger partial charge in [0.2, 0.25) is 5.91 Å². The lowest BCUT2D eigenvalue weighted by molar-refractivity contribution is -0.147. The normalized spacial score (nSPS) is 16.0. The Kier molecular flexibility index (Phi) is 8.85. The summed E-state index contributed by atoms with van der Waals surface area (Å²) in [6.45, 7) is 5.40. The van der Waals surface area contributed by atoms with E-state index in [2.05, 4.69) is 17.6 Å². The number of amides is 2. The van der Waals surface area contributed by atoms with E-state index in [0.29, 0.717) is 31.0 Å². The molecule has 0 saturated carbocycles. The van der Waals surface area contributed by atoms with Crippen LogP contribution in [0, 0.1) is 0 Å². The standard InChI is InChI=1S/C20H27N3O5S/c1-3-5-12-28-15-8-6-14(7-9-15)18(25)22-20(29)23-11-10-21-19(26)16(23)13-17(24)27-4-2/h6-9,16H,3-5,10-13H2,1-2H3,(H,21,26)(H,22,25,29)/t16-/m1/s1. The summed E-state index contributed by atoms with van der Waals surface area (Å²) in [5.74, 6) is -0.516. The van der Waals surface area contributed by atoms with Gasteiger partial charge in [-0.2, -0.15) is 0 Å². The summed E-state index contributed by atoms with van der Waals surface area (Å²) < 4.78 is 10.5. The quantitative estimate of drug-likeness (QED) is 0.374. The number of hydrogen-bond donors (Lipinski definition) is 2. The Balaban J connectivity index is 1.98. The highest BCUT2D eigenvalue weighted by molar-refractivity contribution is 7.80. The van der Waals surface area contributed by atoms with E-state index in [9.17, 15) is 14.4 Å². The monoisotopic (exact) mass is 421 g/mol. The molecule has 2 rings (SSSR count). The van der Waals surface area contributed by atoms with Gasteiger partial charge in [-0.05, 0) is 49.8 Å². The van der Waals surface area contributed by atoms with Gasteiger partial charge in [-0.15, -0.1) is 0 Å². The molecule has 1 aliphatic heterocycles. The summed E-state index contributed by atoms with van der Waals surface area (Å²) in [7, 11) is 0. The van der Waals surface area contributed by atoms with Crippen molar-refractivity contribution in [3.05, 3.63) is 29.8 Å². The zero-order valence-electron chi connectivity index (χ0n) is 16.7. The predicted octanol–water partition coefficient (Wildman–Crippen LogP) is 1.63. The van der Waals surface area contributed by atoms with Crippen molar-refractivity contribution >= 4 is 35.1 Å². The second kappa shape index (κ2) is 11.4. The van der Waals surface area contributed by atoms with Crippen molar-refractivity contribution < 1.29 is 23.9 Å². The van der Waals surface area contributed by atoms with Crippen LogP contribution in [0.25, 0.3) is 0 Å². The molecule has 1 aliphatic rings. The number of ether oxygens (including phenoxy) is 2. The average molecular weight is 422 g/mol. The van der Waals surface area contributed by atoms with Gasteiger partial charge in [0.15, 0.2) is 5.11 Å². The number of carbonyl (C=O) groups excluding carboxylic acids is 3. The first kappa shape index (κ1) is 22.6. The molecular weight excluding hydrogens is 394 g/mol. The summed E-state index contributed by atoms with van der Waals surface area (Å²) in [6, 6.07) is 5.94. The molecule has 0 aliphatic carbocycles. The van der Waals surface area contributed by atoms with Crippen LogP contribution in [-0.4, -0.2) is 60.1 Å². The van der Waals surface area contributed by atoms with Gasteiger partial charge in [0.05, 0.1) is 19.6 Å². The molecule has 0 radical (unpaired) electrons. The molecule has 1 aromatic rings. The SMILES string of the molecule is CCCCOc1ccc(C(=O)NC(=S)N2CCNC(=O)[C@H]2CC(=O)OCC)cc1. The van der Waals surface area contributed by atoms with Crippen molar-refractivity contribution in [2.24, 2.45) is 0 Å². The first-order chi connectivity index (χ1) is 14.0. The van der Waals surface area contributed by atoms with Crippen LogP contribution in [-0.2, 0) is 14.3 Å². The van der Waals surface area contributed by atoms with Crippen LogP contribution in [0.15, 0.2) is 24.3 Å². The van der Waals surface area contributed by atoms with Crippen molar-refractivity contribution in [1.82, 2.24) is 15.5 Å². The van der Waals surface area contributed by atoms with Crippen molar-refractivity contribution in [2.45, 2.75) is 39.2 Å². The second-order valence-electron chi connectivity index (χ2n) is 6.50. The molecule has 29 heavy (non-hydrogen) atoms. The van der Waals surface area contributed by atoms with Crippen LogP contribution in [0.5, 0.6) is 5.75 Å². The largest absolute Gasteiger partial charge is 0.494 e. The van der Waals surface area contributed by atoms with Crippen LogP contribution >= 0.6 is 12.2 Å². The second-order valence-corrected chi connectivity index (χ2v) is 6.88. The Morgan fingerprint density at radius 2 is 2.00 bits per heavy atom. The maximum Gasteiger partial charge on any atom is 0.308 e. The predicted molar refractivity (Wildman–Crippen MR) is 112 cm³/mol. The molecule has 1 atom stereocenters. The van der Waals surface area contributed by atoms with Gasteiger partial charge in [0, 0.05) is 18.7 Å². The third kappa shape index (κ3) is 6.70. The van der Waals surface area contributed by atoms with Crippen molar-refractivity contribution in [1.29, 1.82) is 0 Å². The number of piperazine rings is 1. The molecule has 0 aromatic heterocycles. The fourth-order valence-corrected chi connectivity index (χ4v) is 3.13. The van der Waals surface area contributed by atoms with E-state index < -0.39 is 17.9 Å². The Bertz CT molecular complexity index is 738. The minimum Gasteiger partial charge on any atom is -0.494 e. The van der Waals surface area contributed by atoms with Crippen molar-refractivity contribution in [3.8, 4) is 5.75 Å². The highest BCUT2D eigenvalue weighted by Crippen LogP contribution is 2.14. The highest BCUT2D eigenvalue weighted by Gasteiger charge is 2.34. The van der Waals surface area contributed by atoms with Crippen molar-refractivity contribution in [3.63, 3.8) is 0 Å². The van der Waals surface area contributed by atoms with E-state index in [-0.39, 0.29) is 24.0 Å². The maximum atomic E-state index is 12.5. The highest BCUT2D eigenvalue weighted by atomic mass is 32.1. The van der Waals surface area contributed by atoms with E-state index in [0.717, 1.165) is 12.8 Å². The van der Waals surface area contributed by atoms with Gasteiger partial charge in [-0.1, -0.05) is 13.3 Å². The number of rotatable bonds is 8. The number of carbonyl (C=O) groups is 3. The summed E-state index contributed by atoms with van der Waals surface area (Å²) >= 11 is 5.33. The van der Waals surface area contributed by atoms with E-state index >= 15 is 0 Å². The molecule has 1 saturated heterocycles. The average Bonchev–Trinajstić information content (AvgIpc) is 2.70. The van der Waals surface area contributed by atoms with E-state index in [1.54, 1.807) is 36.1 Å². The Morgan fingerprint density at radius 3 is 2.66 bits per heavy atom. The van der Waals surface area contributed by atoms with Crippen LogP contribution in [0.4, 0.5) is 0 Å². The lowest BCUT2D eigenvalue weighted by atomic mass is 10.1. The van der Waals surface area contributed by atoms with Crippen LogP contribution in [0.1, 0.15) is 43.5 Å². The zero-order valence-corrected chi connectivity index (χ0v) is 17.5. The Hall–Kier alpha value is -2.68. The Morgan fingerprint density at radius 1 is 1.28 bits per heavy atom. The van der Waals surface area contributed by atoms with Gasteiger partial charge in [0.1, 0.15) is 11.8 Å². The maximum absolute atomic E-state index is 12.5. The first-order valence-corrected chi connectivity index (χ1v) is 10.1. The molecule has 1 aromatic carbocycles. The molecule has 9 heteroatoms. The van der Waals surface area contributed by atoms with Gasteiger partial charge in [-0.3, -0.25) is 19.7 Å². The number of esters is 1. The number of benzene rings is 1. The lowest BCUT2D eigenvalue weighted by Crippen LogP contribution is -2.60. The number of hydrogen-bond acceptors (Lipinski definition) is 6. The summed E-state index contributed by atoms with van der Waals surface area (Å²) in [4.78, 5) is 38.1. The third-order valence-electron chi connectivity index (χ3n) is 4.36. The lowest BCUT2D eigenvalue weighted by Gasteiger charge is -2.36. The van der Waals surface area contributed by atoms with Gasteiger partial charge < -0.3 is 19.7 Å². The summed E-state index contributed by atoms with van der Waals surface area (Å²) in [6.07, 6.45) is 1.87. The van der Waals surface area contributed by atoms with Gasteiger partial charge in [-0.25, -0.2) is 0 Å². The molecule has 8 nitrogen and oxygen atoms in total.